The lowest BCUT2D eigenvalue weighted by Crippen LogP contribution is -1.94. The Balaban J connectivity index is 1.88. The second-order valence-corrected chi connectivity index (χ2v) is 4.92. The quantitative estimate of drug-likeness (QED) is 0.572. The molecule has 1 N–H and O–H groups in total. The fourth-order valence-corrected chi connectivity index (χ4v) is 2.16. The van der Waals surface area contributed by atoms with Gasteiger partial charge in [0.15, 0.2) is 5.82 Å². The number of nitrogens with one attached hydrogen (secondary N) is 1. The number of hydrogen-bond donors (Lipinski definition) is 1. The number of aromatic nitrogens is 3. The first kappa shape index (κ1) is 15.0. The molecule has 2 heterocycles. The van der Waals surface area contributed by atoms with E-state index in [9.17, 15) is 0 Å². The maximum Gasteiger partial charge on any atom is 0.216 e. The molecule has 3 rings (SSSR count). The molecule has 0 amide bonds. The number of rotatable bonds is 5. The average molecular weight is 326 g/mol. The largest absolute Gasteiger partial charge is 0.497 e. The van der Waals surface area contributed by atoms with Gasteiger partial charge < -0.3 is 9.15 Å². The molecule has 116 valence electrons. The molecule has 3 aromatic rings. The van der Waals surface area contributed by atoms with Crippen LogP contribution in [0.3, 0.4) is 0 Å². The van der Waals surface area contributed by atoms with E-state index in [1.165, 1.54) is 0 Å². The van der Waals surface area contributed by atoms with E-state index in [2.05, 4.69) is 15.3 Å². The van der Waals surface area contributed by atoms with Crippen molar-refractivity contribution in [3.63, 3.8) is 0 Å². The summed E-state index contributed by atoms with van der Waals surface area (Å²) in [5.74, 6) is 2.10. The van der Waals surface area contributed by atoms with Crippen molar-refractivity contribution in [3.05, 3.63) is 59.3 Å². The predicted molar refractivity (Wildman–Crippen MR) is 91.0 cm³/mol. The highest BCUT2D eigenvalue weighted by molar-refractivity contribution is 7.71. The highest BCUT2D eigenvalue weighted by atomic mass is 32.1. The fraction of sp³-hybridized carbons (Fsp3) is 0.0625. The van der Waals surface area contributed by atoms with Gasteiger partial charge in [0.2, 0.25) is 4.77 Å². The molecule has 0 spiro atoms. The highest BCUT2D eigenvalue weighted by Crippen LogP contribution is 2.22. The van der Waals surface area contributed by atoms with E-state index in [0.717, 1.165) is 17.1 Å². The second kappa shape index (κ2) is 6.89. The van der Waals surface area contributed by atoms with Crippen molar-refractivity contribution in [3.8, 4) is 17.1 Å². The van der Waals surface area contributed by atoms with E-state index in [0.29, 0.717) is 10.6 Å². The third-order valence-electron chi connectivity index (χ3n) is 3.05. The Labute approximate surface area is 137 Å². The zero-order valence-electron chi connectivity index (χ0n) is 12.3. The van der Waals surface area contributed by atoms with Crippen LogP contribution in [0.4, 0.5) is 0 Å². The number of H-pyrrole nitrogens is 1. The number of ether oxygens (including phenoxy) is 1. The predicted octanol–water partition coefficient (Wildman–Crippen LogP) is 3.76. The van der Waals surface area contributed by atoms with E-state index in [4.69, 9.17) is 21.4 Å². The summed E-state index contributed by atoms with van der Waals surface area (Å²) in [6.07, 6.45) is 6.81. The Morgan fingerprint density at radius 2 is 2.26 bits per heavy atom. The van der Waals surface area contributed by atoms with Gasteiger partial charge in [-0.05, 0) is 48.6 Å². The topological polar surface area (TPSA) is 68.3 Å². The van der Waals surface area contributed by atoms with Gasteiger partial charge >= 0.3 is 0 Å². The molecule has 0 aliphatic rings. The first-order valence-corrected chi connectivity index (χ1v) is 7.25. The Kier molecular flexibility index (Phi) is 4.49. The molecule has 23 heavy (non-hydrogen) atoms. The van der Waals surface area contributed by atoms with Crippen LogP contribution in [0, 0.1) is 4.77 Å². The summed E-state index contributed by atoms with van der Waals surface area (Å²) >= 11 is 5.22. The van der Waals surface area contributed by atoms with Crippen LogP contribution in [-0.2, 0) is 0 Å². The van der Waals surface area contributed by atoms with Gasteiger partial charge in [0.25, 0.3) is 0 Å². The molecule has 0 radical (unpaired) electrons. The number of methoxy groups -OCH3 is 1. The van der Waals surface area contributed by atoms with Gasteiger partial charge in [0, 0.05) is 11.8 Å². The van der Waals surface area contributed by atoms with Gasteiger partial charge in [-0.2, -0.15) is 14.9 Å². The normalized spacial score (nSPS) is 11.5. The van der Waals surface area contributed by atoms with Crippen molar-refractivity contribution in [2.24, 2.45) is 5.10 Å². The van der Waals surface area contributed by atoms with E-state index in [1.807, 2.05) is 36.4 Å². The third kappa shape index (κ3) is 3.46. The molecule has 2 aromatic heterocycles. The zero-order valence-corrected chi connectivity index (χ0v) is 13.2. The molecule has 0 unspecified atom stereocenters. The van der Waals surface area contributed by atoms with Crippen LogP contribution in [0.2, 0.25) is 0 Å². The molecule has 0 saturated carbocycles. The Morgan fingerprint density at radius 1 is 1.35 bits per heavy atom. The van der Waals surface area contributed by atoms with E-state index in [-0.39, 0.29) is 0 Å². The number of nitrogens with zero attached hydrogens (tertiary/aromatic N) is 3. The van der Waals surface area contributed by atoms with Crippen LogP contribution >= 0.6 is 12.2 Å². The first-order chi connectivity index (χ1) is 11.3. The number of allylic oxidation sites excluding steroid dienone is 1. The lowest BCUT2D eigenvalue weighted by molar-refractivity contribution is 0.415. The molecule has 0 aliphatic heterocycles. The van der Waals surface area contributed by atoms with Gasteiger partial charge in [-0.3, -0.25) is 0 Å². The highest BCUT2D eigenvalue weighted by Gasteiger charge is 2.08. The summed E-state index contributed by atoms with van der Waals surface area (Å²) in [4.78, 5) is 0. The minimum atomic E-state index is 0.408. The van der Waals surface area contributed by atoms with Crippen molar-refractivity contribution in [2.75, 3.05) is 7.11 Å². The molecule has 1 aromatic carbocycles. The summed E-state index contributed by atoms with van der Waals surface area (Å²) in [7, 11) is 1.62. The van der Waals surface area contributed by atoms with Crippen molar-refractivity contribution in [1.82, 2.24) is 14.9 Å². The second-order valence-electron chi connectivity index (χ2n) is 4.54. The molecular weight excluding hydrogens is 312 g/mol. The molecule has 0 fully saturated rings. The third-order valence-corrected chi connectivity index (χ3v) is 3.31. The maximum atomic E-state index is 5.23. The molecule has 0 aliphatic carbocycles. The first-order valence-electron chi connectivity index (χ1n) is 6.84. The zero-order chi connectivity index (χ0) is 16.1. The average Bonchev–Trinajstić information content (AvgIpc) is 3.22. The number of aromatic amines is 1. The summed E-state index contributed by atoms with van der Waals surface area (Å²) in [6, 6.07) is 11.2. The van der Waals surface area contributed by atoms with Crippen molar-refractivity contribution in [1.29, 1.82) is 0 Å². The monoisotopic (exact) mass is 326 g/mol. The van der Waals surface area contributed by atoms with Crippen LogP contribution in [0.1, 0.15) is 5.76 Å². The SMILES string of the molecule is COc1cccc(-c2n[nH]c(=S)n2/N=C\C=C\c2ccco2)c1. The van der Waals surface area contributed by atoms with Crippen LogP contribution in [0.15, 0.2) is 58.3 Å². The minimum absolute atomic E-state index is 0.408. The summed E-state index contributed by atoms with van der Waals surface area (Å²) in [5, 5.41) is 11.3. The van der Waals surface area contributed by atoms with Crippen LogP contribution in [0.25, 0.3) is 17.5 Å². The fourth-order valence-electron chi connectivity index (χ4n) is 1.98. The number of furan rings is 1. The Hall–Kier alpha value is -2.93. The maximum absolute atomic E-state index is 5.23. The van der Waals surface area contributed by atoms with Crippen LogP contribution in [-0.4, -0.2) is 28.2 Å². The minimum Gasteiger partial charge on any atom is -0.497 e. The van der Waals surface area contributed by atoms with Crippen molar-refractivity contribution >= 4 is 24.5 Å². The van der Waals surface area contributed by atoms with Gasteiger partial charge in [-0.1, -0.05) is 12.1 Å². The lowest BCUT2D eigenvalue weighted by Gasteiger charge is -2.03. The summed E-state index contributed by atoms with van der Waals surface area (Å²) < 4.78 is 12.4. The summed E-state index contributed by atoms with van der Waals surface area (Å²) in [6.45, 7) is 0. The van der Waals surface area contributed by atoms with Gasteiger partial charge in [0.1, 0.15) is 11.5 Å². The van der Waals surface area contributed by atoms with Crippen molar-refractivity contribution in [2.45, 2.75) is 0 Å². The van der Waals surface area contributed by atoms with E-state index in [1.54, 1.807) is 36.4 Å². The molecule has 6 nitrogen and oxygen atoms in total. The smallest absolute Gasteiger partial charge is 0.216 e. The Morgan fingerprint density at radius 3 is 3.04 bits per heavy atom. The van der Waals surface area contributed by atoms with Crippen LogP contribution in [0.5, 0.6) is 5.75 Å². The lowest BCUT2D eigenvalue weighted by atomic mass is 10.2. The molecular formula is C16H14N4O2S. The standard InChI is InChI=1S/C16H14N4O2S/c1-21-14-6-2-5-12(11-14)15-18-19-16(23)20(15)17-9-3-7-13-8-4-10-22-13/h2-11H,1H3,(H,19,23)/b7-3+,17-9-. The van der Waals surface area contributed by atoms with Gasteiger partial charge in [-0.25, -0.2) is 5.10 Å². The molecule has 7 heteroatoms. The van der Waals surface area contributed by atoms with Crippen LogP contribution < -0.4 is 4.74 Å². The molecule has 0 saturated heterocycles. The van der Waals surface area contributed by atoms with E-state index >= 15 is 0 Å². The van der Waals surface area contributed by atoms with Crippen molar-refractivity contribution < 1.29 is 9.15 Å². The van der Waals surface area contributed by atoms with Gasteiger partial charge in [0.05, 0.1) is 13.4 Å². The van der Waals surface area contributed by atoms with E-state index < -0.39 is 0 Å². The molecule has 0 atom stereocenters. The molecule has 0 bridgehead atoms. The summed E-state index contributed by atoms with van der Waals surface area (Å²) in [5.41, 5.74) is 0.851. The Bertz CT molecular complexity index is 891. The van der Waals surface area contributed by atoms with Gasteiger partial charge in [-0.15, -0.1) is 0 Å². The number of benzene rings is 1. The number of hydrogen-bond acceptors (Lipinski definition) is 5.